The Morgan fingerprint density at radius 2 is 2.06 bits per heavy atom. The predicted molar refractivity (Wildman–Crippen MR) is 66.8 cm³/mol. The second-order valence-electron chi connectivity index (χ2n) is 5.26. The lowest BCUT2D eigenvalue weighted by Gasteiger charge is -2.22. The van der Waals surface area contributed by atoms with Crippen molar-refractivity contribution in [2.24, 2.45) is 5.41 Å². The summed E-state index contributed by atoms with van der Waals surface area (Å²) < 4.78 is 24.2. The summed E-state index contributed by atoms with van der Waals surface area (Å²) in [5.74, 6) is 0.491. The van der Waals surface area contributed by atoms with Gasteiger partial charge >= 0.3 is 0 Å². The first-order valence-corrected chi connectivity index (χ1v) is 7.71. The maximum absolute atomic E-state index is 12.1. The molecule has 17 heavy (non-hydrogen) atoms. The molecule has 0 spiro atoms. The molecule has 1 saturated carbocycles. The van der Waals surface area contributed by atoms with Crippen LogP contribution < -0.4 is 5.32 Å². The Labute approximate surface area is 102 Å². The molecule has 0 bridgehead atoms. The molecular weight excluding hydrogens is 234 g/mol. The SMILES string of the molecule is CNCC1(C2CS(=O)(=O)c3ccccc32)CC1. The smallest absolute Gasteiger partial charge is 0.179 e. The van der Waals surface area contributed by atoms with Crippen LogP contribution in [0.25, 0.3) is 0 Å². The molecule has 92 valence electrons. The van der Waals surface area contributed by atoms with Crippen LogP contribution in [0.2, 0.25) is 0 Å². The highest BCUT2D eigenvalue weighted by molar-refractivity contribution is 7.91. The average molecular weight is 251 g/mol. The summed E-state index contributed by atoms with van der Waals surface area (Å²) in [6.07, 6.45) is 2.28. The summed E-state index contributed by atoms with van der Waals surface area (Å²) in [5.41, 5.74) is 1.23. The van der Waals surface area contributed by atoms with E-state index in [0.29, 0.717) is 10.6 Å². The minimum absolute atomic E-state index is 0.189. The summed E-state index contributed by atoms with van der Waals surface area (Å²) in [6.45, 7) is 0.918. The van der Waals surface area contributed by atoms with Crippen molar-refractivity contribution in [3.05, 3.63) is 29.8 Å². The topological polar surface area (TPSA) is 46.2 Å². The molecule has 3 nitrogen and oxygen atoms in total. The number of fused-ring (bicyclic) bond motifs is 1. The van der Waals surface area contributed by atoms with Crippen molar-refractivity contribution in [3.8, 4) is 0 Å². The van der Waals surface area contributed by atoms with E-state index in [0.717, 1.165) is 24.9 Å². The molecule has 1 aromatic rings. The zero-order valence-electron chi connectivity index (χ0n) is 9.94. The number of hydrogen-bond acceptors (Lipinski definition) is 3. The molecule has 1 aliphatic heterocycles. The fourth-order valence-electron chi connectivity index (χ4n) is 3.12. The van der Waals surface area contributed by atoms with Gasteiger partial charge in [-0.2, -0.15) is 0 Å². The molecule has 1 aliphatic carbocycles. The largest absolute Gasteiger partial charge is 0.319 e. The quantitative estimate of drug-likeness (QED) is 0.886. The molecule has 0 aromatic heterocycles. The molecule has 3 rings (SSSR count). The molecule has 1 unspecified atom stereocenters. The highest BCUT2D eigenvalue weighted by atomic mass is 32.2. The maximum atomic E-state index is 12.1. The van der Waals surface area contributed by atoms with Crippen LogP contribution in [0.1, 0.15) is 24.3 Å². The van der Waals surface area contributed by atoms with E-state index in [1.165, 1.54) is 0 Å². The van der Waals surface area contributed by atoms with Gasteiger partial charge in [-0.25, -0.2) is 8.42 Å². The Hall–Kier alpha value is -0.870. The molecule has 1 atom stereocenters. The van der Waals surface area contributed by atoms with Crippen LogP contribution in [0.4, 0.5) is 0 Å². The highest BCUT2D eigenvalue weighted by Crippen LogP contribution is 2.59. The average Bonchev–Trinajstić information content (AvgIpc) is 3.02. The normalized spacial score (nSPS) is 27.7. The van der Waals surface area contributed by atoms with Crippen LogP contribution in [0.3, 0.4) is 0 Å². The number of benzene rings is 1. The second kappa shape index (κ2) is 3.56. The van der Waals surface area contributed by atoms with Gasteiger partial charge in [0.15, 0.2) is 9.84 Å². The van der Waals surface area contributed by atoms with Crippen LogP contribution in [-0.2, 0) is 9.84 Å². The van der Waals surface area contributed by atoms with Crippen molar-refractivity contribution in [1.82, 2.24) is 5.32 Å². The minimum Gasteiger partial charge on any atom is -0.319 e. The molecule has 1 heterocycles. The molecule has 0 radical (unpaired) electrons. The predicted octanol–water partition coefficient (Wildman–Crippen LogP) is 1.56. The molecule has 1 fully saturated rings. The van der Waals surface area contributed by atoms with Crippen LogP contribution in [0, 0.1) is 5.41 Å². The van der Waals surface area contributed by atoms with Gasteiger partial charge in [0.05, 0.1) is 10.6 Å². The monoisotopic (exact) mass is 251 g/mol. The first-order valence-electron chi connectivity index (χ1n) is 6.05. The summed E-state index contributed by atoms with van der Waals surface area (Å²) in [6, 6.07) is 7.50. The zero-order chi connectivity index (χ0) is 12.1. The molecule has 1 aromatic carbocycles. The van der Waals surface area contributed by atoms with E-state index in [1.807, 2.05) is 25.2 Å². The van der Waals surface area contributed by atoms with E-state index in [-0.39, 0.29) is 11.3 Å². The lowest BCUT2D eigenvalue weighted by molar-refractivity contribution is 0.409. The standard InChI is InChI=1S/C13H17NO2S/c1-14-9-13(6-7-13)11-8-17(15,16)12-5-3-2-4-10(11)12/h2-5,11,14H,6-9H2,1H3. The summed E-state index contributed by atoms with van der Waals surface area (Å²) in [7, 11) is -1.10. The van der Waals surface area contributed by atoms with Gasteiger partial charge in [0.1, 0.15) is 0 Å². The molecule has 4 heteroatoms. The van der Waals surface area contributed by atoms with E-state index in [4.69, 9.17) is 0 Å². The van der Waals surface area contributed by atoms with E-state index in [2.05, 4.69) is 5.32 Å². The third-order valence-corrected chi connectivity index (χ3v) is 5.99. The number of hydrogen-bond donors (Lipinski definition) is 1. The zero-order valence-corrected chi connectivity index (χ0v) is 10.8. The molecule has 2 aliphatic rings. The van der Waals surface area contributed by atoms with Gasteiger partial charge in [-0.3, -0.25) is 0 Å². The summed E-state index contributed by atoms with van der Waals surface area (Å²) in [5, 5.41) is 3.21. The molecule has 0 amide bonds. The van der Waals surface area contributed by atoms with Gasteiger partial charge in [0.25, 0.3) is 0 Å². The molecular formula is C13H17NO2S. The summed E-state index contributed by atoms with van der Waals surface area (Å²) >= 11 is 0. The van der Waals surface area contributed by atoms with Crippen molar-refractivity contribution in [2.75, 3.05) is 19.3 Å². The van der Waals surface area contributed by atoms with Gasteiger partial charge in [0.2, 0.25) is 0 Å². The van der Waals surface area contributed by atoms with E-state index >= 15 is 0 Å². The number of nitrogens with one attached hydrogen (secondary N) is 1. The van der Waals surface area contributed by atoms with Gasteiger partial charge in [-0.15, -0.1) is 0 Å². The Kier molecular flexibility index (Phi) is 2.35. The van der Waals surface area contributed by atoms with E-state index in [1.54, 1.807) is 6.07 Å². The second-order valence-corrected chi connectivity index (χ2v) is 7.27. The first-order chi connectivity index (χ1) is 8.09. The Morgan fingerprint density at radius 1 is 1.35 bits per heavy atom. The fourth-order valence-corrected chi connectivity index (χ4v) is 5.13. The van der Waals surface area contributed by atoms with Gasteiger partial charge in [0, 0.05) is 12.5 Å². The maximum Gasteiger partial charge on any atom is 0.179 e. The lowest BCUT2D eigenvalue weighted by Crippen LogP contribution is -2.27. The number of sulfone groups is 1. The third kappa shape index (κ3) is 1.62. The van der Waals surface area contributed by atoms with Crippen LogP contribution in [-0.4, -0.2) is 27.8 Å². The van der Waals surface area contributed by atoms with Crippen LogP contribution in [0.5, 0.6) is 0 Å². The van der Waals surface area contributed by atoms with Crippen molar-refractivity contribution >= 4 is 9.84 Å². The van der Waals surface area contributed by atoms with E-state index in [9.17, 15) is 8.42 Å². The Morgan fingerprint density at radius 3 is 2.71 bits per heavy atom. The van der Waals surface area contributed by atoms with Crippen molar-refractivity contribution in [1.29, 1.82) is 0 Å². The van der Waals surface area contributed by atoms with Gasteiger partial charge in [-0.05, 0) is 36.9 Å². The van der Waals surface area contributed by atoms with Gasteiger partial charge < -0.3 is 5.32 Å². The third-order valence-electron chi connectivity index (χ3n) is 4.18. The Bertz CT molecular complexity index is 546. The minimum atomic E-state index is -3.04. The van der Waals surface area contributed by atoms with Crippen LogP contribution >= 0.6 is 0 Å². The van der Waals surface area contributed by atoms with Gasteiger partial charge in [-0.1, -0.05) is 18.2 Å². The van der Waals surface area contributed by atoms with Crippen molar-refractivity contribution in [2.45, 2.75) is 23.7 Å². The van der Waals surface area contributed by atoms with Crippen molar-refractivity contribution < 1.29 is 8.42 Å². The number of rotatable bonds is 3. The molecule has 0 saturated heterocycles. The van der Waals surface area contributed by atoms with Crippen LogP contribution in [0.15, 0.2) is 29.2 Å². The Balaban J connectivity index is 2.06. The fraction of sp³-hybridized carbons (Fsp3) is 0.538. The highest BCUT2D eigenvalue weighted by Gasteiger charge is 2.54. The molecule has 1 N–H and O–H groups in total. The van der Waals surface area contributed by atoms with E-state index < -0.39 is 9.84 Å². The summed E-state index contributed by atoms with van der Waals surface area (Å²) in [4.78, 5) is 0.562. The first kappa shape index (κ1) is 11.2. The lowest BCUT2D eigenvalue weighted by atomic mass is 9.84. The van der Waals surface area contributed by atoms with Crippen molar-refractivity contribution in [3.63, 3.8) is 0 Å².